The largest absolute Gasteiger partial charge is 0.388 e. The molecular formula is C20H23FN2O2. The van der Waals surface area contributed by atoms with Crippen LogP contribution in [-0.4, -0.2) is 28.6 Å². The van der Waals surface area contributed by atoms with Gasteiger partial charge in [0.05, 0.1) is 6.10 Å². The van der Waals surface area contributed by atoms with Crippen LogP contribution < -0.4 is 5.32 Å². The van der Waals surface area contributed by atoms with E-state index >= 15 is 0 Å². The van der Waals surface area contributed by atoms with E-state index in [1.807, 2.05) is 37.3 Å². The van der Waals surface area contributed by atoms with Gasteiger partial charge in [0.1, 0.15) is 5.82 Å². The summed E-state index contributed by atoms with van der Waals surface area (Å²) in [6.07, 6.45) is 1.66. The molecule has 132 valence electrons. The Labute approximate surface area is 147 Å². The van der Waals surface area contributed by atoms with Gasteiger partial charge in [-0.15, -0.1) is 0 Å². The first-order chi connectivity index (χ1) is 12.0. The van der Waals surface area contributed by atoms with Crippen LogP contribution in [0.5, 0.6) is 0 Å². The smallest absolute Gasteiger partial charge is 0.322 e. The first-order valence-corrected chi connectivity index (χ1v) is 8.61. The third-order valence-corrected chi connectivity index (χ3v) is 4.76. The van der Waals surface area contributed by atoms with E-state index in [9.17, 15) is 14.3 Å². The number of aryl methyl sites for hydroxylation is 1. The monoisotopic (exact) mass is 342 g/mol. The molecule has 2 amide bonds. The maximum Gasteiger partial charge on any atom is 0.322 e. The minimum absolute atomic E-state index is 0.0240. The van der Waals surface area contributed by atoms with E-state index in [0.29, 0.717) is 18.7 Å². The Bertz CT molecular complexity index is 736. The fraction of sp³-hybridized carbons (Fsp3) is 0.350. The van der Waals surface area contributed by atoms with Crippen LogP contribution in [0, 0.1) is 12.7 Å². The molecule has 2 atom stereocenters. The number of hydrogen-bond donors (Lipinski definition) is 2. The molecule has 1 aliphatic rings. The number of nitrogens with one attached hydrogen (secondary N) is 1. The molecule has 0 aromatic heterocycles. The lowest BCUT2D eigenvalue weighted by molar-refractivity contribution is 0.129. The van der Waals surface area contributed by atoms with Crippen LogP contribution in [0.25, 0.3) is 0 Å². The van der Waals surface area contributed by atoms with E-state index in [1.165, 1.54) is 12.1 Å². The molecule has 1 aliphatic heterocycles. The molecule has 2 unspecified atom stereocenters. The van der Waals surface area contributed by atoms with Crippen molar-refractivity contribution in [1.29, 1.82) is 0 Å². The minimum Gasteiger partial charge on any atom is -0.388 e. The highest BCUT2D eigenvalue weighted by Gasteiger charge is 2.31. The van der Waals surface area contributed by atoms with Gasteiger partial charge < -0.3 is 15.3 Å². The number of hydrogen-bond acceptors (Lipinski definition) is 2. The highest BCUT2D eigenvalue weighted by Crippen LogP contribution is 2.28. The second kappa shape index (κ2) is 7.66. The molecule has 4 nitrogen and oxygen atoms in total. The summed E-state index contributed by atoms with van der Waals surface area (Å²) in [5.41, 5.74) is 2.16. The number of nitrogens with zero attached hydrogens (tertiary/aromatic N) is 1. The van der Waals surface area contributed by atoms with Crippen molar-refractivity contribution in [3.63, 3.8) is 0 Å². The molecule has 1 heterocycles. The average Bonchev–Trinajstić information content (AvgIpc) is 3.07. The van der Waals surface area contributed by atoms with E-state index in [2.05, 4.69) is 5.32 Å². The predicted octanol–water partition coefficient (Wildman–Crippen LogP) is 4.25. The summed E-state index contributed by atoms with van der Waals surface area (Å²) < 4.78 is 13.4. The Kier molecular flexibility index (Phi) is 5.34. The summed E-state index contributed by atoms with van der Waals surface area (Å²) in [4.78, 5) is 14.4. The van der Waals surface area contributed by atoms with Gasteiger partial charge in [0.15, 0.2) is 0 Å². The van der Waals surface area contributed by atoms with Gasteiger partial charge >= 0.3 is 6.03 Å². The Morgan fingerprint density at radius 3 is 2.84 bits per heavy atom. The molecule has 25 heavy (non-hydrogen) atoms. The molecule has 1 saturated heterocycles. The van der Waals surface area contributed by atoms with E-state index in [1.54, 1.807) is 11.0 Å². The van der Waals surface area contributed by atoms with Crippen LogP contribution in [0.4, 0.5) is 14.9 Å². The number of urea groups is 1. The van der Waals surface area contributed by atoms with Gasteiger partial charge in [-0.25, -0.2) is 9.18 Å². The van der Waals surface area contributed by atoms with Crippen LogP contribution in [0.1, 0.15) is 36.5 Å². The van der Waals surface area contributed by atoms with Crippen molar-refractivity contribution in [2.24, 2.45) is 0 Å². The maximum absolute atomic E-state index is 13.4. The number of aliphatic hydroxyl groups excluding tert-OH is 1. The molecule has 0 radical (unpaired) electrons. The zero-order valence-corrected chi connectivity index (χ0v) is 14.3. The maximum atomic E-state index is 13.4. The number of amides is 2. The Balaban J connectivity index is 1.66. The summed E-state index contributed by atoms with van der Waals surface area (Å²) in [6.45, 7) is 2.47. The molecule has 0 aliphatic carbocycles. The van der Waals surface area contributed by atoms with E-state index in [0.717, 1.165) is 24.0 Å². The fourth-order valence-electron chi connectivity index (χ4n) is 3.33. The lowest BCUT2D eigenvalue weighted by Gasteiger charge is -2.27. The van der Waals surface area contributed by atoms with Gasteiger partial charge in [0.25, 0.3) is 0 Å². The summed E-state index contributed by atoms with van der Waals surface area (Å²) in [5.74, 6) is -0.377. The third-order valence-electron chi connectivity index (χ3n) is 4.76. The molecule has 2 aromatic carbocycles. The van der Waals surface area contributed by atoms with Crippen LogP contribution in [0.15, 0.2) is 48.5 Å². The highest BCUT2D eigenvalue weighted by molar-refractivity contribution is 5.90. The number of rotatable bonds is 4. The zero-order chi connectivity index (χ0) is 17.8. The highest BCUT2D eigenvalue weighted by atomic mass is 19.1. The normalized spacial score (nSPS) is 18.2. The predicted molar refractivity (Wildman–Crippen MR) is 95.9 cm³/mol. The average molecular weight is 342 g/mol. The molecule has 0 saturated carbocycles. The summed E-state index contributed by atoms with van der Waals surface area (Å²) in [7, 11) is 0. The quantitative estimate of drug-likeness (QED) is 0.872. The van der Waals surface area contributed by atoms with Gasteiger partial charge in [-0.2, -0.15) is 0 Å². The number of aliphatic hydroxyl groups is 1. The van der Waals surface area contributed by atoms with Crippen LogP contribution in [0.2, 0.25) is 0 Å². The zero-order valence-electron chi connectivity index (χ0n) is 14.3. The molecule has 3 rings (SSSR count). The second-order valence-corrected chi connectivity index (χ2v) is 6.54. The number of anilines is 1. The molecular weight excluding hydrogens is 319 g/mol. The lowest BCUT2D eigenvalue weighted by atomic mass is 10.0. The first-order valence-electron chi connectivity index (χ1n) is 8.61. The van der Waals surface area contributed by atoms with Crippen molar-refractivity contribution >= 4 is 11.7 Å². The van der Waals surface area contributed by atoms with Crippen molar-refractivity contribution in [2.45, 2.75) is 38.3 Å². The van der Waals surface area contributed by atoms with Gasteiger partial charge in [0.2, 0.25) is 0 Å². The van der Waals surface area contributed by atoms with Crippen molar-refractivity contribution in [3.05, 3.63) is 65.5 Å². The van der Waals surface area contributed by atoms with Crippen molar-refractivity contribution in [1.82, 2.24) is 4.90 Å². The standard InChI is InChI=1S/C20H23FN2O2/c1-14-9-10-16(21)12-18(14)22-20(25)23-11-5-8-17(23)13-19(24)15-6-3-2-4-7-15/h2-4,6-7,9-10,12,17,19,24H,5,8,11,13H2,1H3,(H,22,25). The van der Waals surface area contributed by atoms with Crippen molar-refractivity contribution in [3.8, 4) is 0 Å². The van der Waals surface area contributed by atoms with Gasteiger partial charge in [-0.3, -0.25) is 0 Å². The molecule has 1 fully saturated rings. The Hall–Kier alpha value is -2.40. The molecule has 0 bridgehead atoms. The number of benzene rings is 2. The summed E-state index contributed by atoms with van der Waals surface area (Å²) in [6, 6.07) is 13.6. The van der Waals surface area contributed by atoms with Crippen LogP contribution >= 0.6 is 0 Å². The van der Waals surface area contributed by atoms with Gasteiger partial charge in [-0.1, -0.05) is 36.4 Å². The Morgan fingerprint density at radius 1 is 1.32 bits per heavy atom. The number of likely N-dealkylation sites (tertiary alicyclic amines) is 1. The second-order valence-electron chi connectivity index (χ2n) is 6.54. The first kappa shape index (κ1) is 17.4. The van der Waals surface area contributed by atoms with E-state index < -0.39 is 6.10 Å². The topological polar surface area (TPSA) is 52.6 Å². The summed E-state index contributed by atoms with van der Waals surface area (Å²) >= 11 is 0. The van der Waals surface area contributed by atoms with Crippen molar-refractivity contribution < 1.29 is 14.3 Å². The molecule has 2 aromatic rings. The lowest BCUT2D eigenvalue weighted by Crippen LogP contribution is -2.39. The minimum atomic E-state index is -0.601. The summed E-state index contributed by atoms with van der Waals surface area (Å²) in [5, 5.41) is 13.2. The van der Waals surface area contributed by atoms with Crippen LogP contribution in [0.3, 0.4) is 0 Å². The van der Waals surface area contributed by atoms with Gasteiger partial charge in [0, 0.05) is 18.3 Å². The number of carbonyl (C=O) groups excluding carboxylic acids is 1. The Morgan fingerprint density at radius 2 is 2.08 bits per heavy atom. The van der Waals surface area contributed by atoms with Gasteiger partial charge in [-0.05, 0) is 49.4 Å². The fourth-order valence-corrected chi connectivity index (χ4v) is 3.33. The number of halogens is 1. The molecule has 0 spiro atoms. The number of carbonyl (C=O) groups is 1. The van der Waals surface area contributed by atoms with E-state index in [-0.39, 0.29) is 17.9 Å². The van der Waals surface area contributed by atoms with Crippen LogP contribution in [-0.2, 0) is 0 Å². The SMILES string of the molecule is Cc1ccc(F)cc1NC(=O)N1CCCC1CC(O)c1ccccc1. The third kappa shape index (κ3) is 4.17. The molecule has 5 heteroatoms. The molecule has 2 N–H and O–H groups in total. The van der Waals surface area contributed by atoms with Crippen molar-refractivity contribution in [2.75, 3.05) is 11.9 Å². The van der Waals surface area contributed by atoms with E-state index in [4.69, 9.17) is 0 Å².